The van der Waals surface area contributed by atoms with E-state index < -0.39 is 0 Å². The van der Waals surface area contributed by atoms with Gasteiger partial charge < -0.3 is 10.6 Å². The van der Waals surface area contributed by atoms with Crippen molar-refractivity contribution in [1.82, 2.24) is 10.3 Å². The molecule has 1 amide bonds. The third-order valence-electron chi connectivity index (χ3n) is 2.96. The molecule has 0 saturated heterocycles. The lowest BCUT2D eigenvalue weighted by molar-refractivity contribution is -0.118. The zero-order valence-electron chi connectivity index (χ0n) is 11.5. The Morgan fingerprint density at radius 2 is 2.20 bits per heavy atom. The first-order chi connectivity index (χ1) is 9.61. The van der Waals surface area contributed by atoms with Crippen LogP contribution in [0.5, 0.6) is 0 Å². The zero-order valence-corrected chi connectivity index (χ0v) is 11.5. The SMILES string of the molecule is CC(=O)NCCNc1nc2c(C)cccc2cc1C#N. The van der Waals surface area contributed by atoms with Gasteiger partial charge in [0.15, 0.2) is 0 Å². The highest BCUT2D eigenvalue weighted by molar-refractivity contribution is 5.85. The average Bonchev–Trinajstić information content (AvgIpc) is 2.43. The molecule has 2 aromatic rings. The van der Waals surface area contributed by atoms with Gasteiger partial charge >= 0.3 is 0 Å². The number of nitrogens with one attached hydrogen (secondary N) is 2. The topological polar surface area (TPSA) is 77.8 Å². The number of aromatic nitrogens is 1. The molecule has 0 aliphatic heterocycles. The first-order valence-corrected chi connectivity index (χ1v) is 6.40. The molecule has 5 heteroatoms. The van der Waals surface area contributed by atoms with Crippen LogP contribution in [0, 0.1) is 18.3 Å². The molecule has 0 bridgehead atoms. The van der Waals surface area contributed by atoms with Crippen molar-refractivity contribution >= 4 is 22.6 Å². The molecule has 5 nitrogen and oxygen atoms in total. The highest BCUT2D eigenvalue weighted by Crippen LogP contribution is 2.22. The van der Waals surface area contributed by atoms with Gasteiger partial charge in [0.1, 0.15) is 11.9 Å². The second-order valence-corrected chi connectivity index (χ2v) is 4.55. The molecule has 1 aromatic heterocycles. The summed E-state index contributed by atoms with van der Waals surface area (Å²) in [4.78, 5) is 15.3. The molecule has 2 rings (SSSR count). The van der Waals surface area contributed by atoms with E-state index >= 15 is 0 Å². The van der Waals surface area contributed by atoms with Gasteiger partial charge in [-0.3, -0.25) is 4.79 Å². The maximum atomic E-state index is 10.8. The van der Waals surface area contributed by atoms with Crippen LogP contribution in [-0.4, -0.2) is 24.0 Å². The van der Waals surface area contributed by atoms with Gasteiger partial charge in [0.2, 0.25) is 5.91 Å². The Kier molecular flexibility index (Phi) is 4.16. The summed E-state index contributed by atoms with van der Waals surface area (Å²) in [6.45, 7) is 4.48. The number of pyridine rings is 1. The fraction of sp³-hybridized carbons (Fsp3) is 0.267. The number of benzene rings is 1. The van der Waals surface area contributed by atoms with Crippen LogP contribution in [0.25, 0.3) is 10.9 Å². The summed E-state index contributed by atoms with van der Waals surface area (Å²) < 4.78 is 0. The highest BCUT2D eigenvalue weighted by atomic mass is 16.1. The van der Waals surface area contributed by atoms with Crippen molar-refractivity contribution in [2.75, 3.05) is 18.4 Å². The van der Waals surface area contributed by atoms with Crippen LogP contribution in [0.3, 0.4) is 0 Å². The quantitative estimate of drug-likeness (QED) is 0.831. The molecule has 0 saturated carbocycles. The molecule has 1 aromatic carbocycles. The molecular formula is C15H16N4O. The van der Waals surface area contributed by atoms with Gasteiger partial charge in [-0.25, -0.2) is 4.98 Å². The van der Waals surface area contributed by atoms with E-state index in [1.807, 2.05) is 31.2 Å². The smallest absolute Gasteiger partial charge is 0.216 e. The number of carbonyl (C=O) groups excluding carboxylic acids is 1. The third kappa shape index (κ3) is 3.04. The van der Waals surface area contributed by atoms with Crippen LogP contribution >= 0.6 is 0 Å². The summed E-state index contributed by atoms with van der Waals surface area (Å²) in [5, 5.41) is 15.9. The Bertz CT molecular complexity index is 688. The second-order valence-electron chi connectivity index (χ2n) is 4.55. The summed E-state index contributed by atoms with van der Waals surface area (Å²) in [6, 6.07) is 9.85. The first-order valence-electron chi connectivity index (χ1n) is 6.40. The monoisotopic (exact) mass is 268 g/mol. The number of hydrogen-bond donors (Lipinski definition) is 2. The summed E-state index contributed by atoms with van der Waals surface area (Å²) in [6.07, 6.45) is 0. The summed E-state index contributed by atoms with van der Waals surface area (Å²) in [7, 11) is 0. The van der Waals surface area contributed by atoms with Gasteiger partial charge in [0.05, 0.1) is 11.1 Å². The van der Waals surface area contributed by atoms with Crippen molar-refractivity contribution < 1.29 is 4.79 Å². The maximum Gasteiger partial charge on any atom is 0.216 e. The molecule has 0 atom stereocenters. The van der Waals surface area contributed by atoms with Crippen molar-refractivity contribution in [1.29, 1.82) is 5.26 Å². The molecular weight excluding hydrogens is 252 g/mol. The highest BCUT2D eigenvalue weighted by Gasteiger charge is 2.07. The number of nitrogens with zero attached hydrogens (tertiary/aromatic N) is 2. The van der Waals surface area contributed by atoms with Crippen LogP contribution in [0.4, 0.5) is 5.82 Å². The average molecular weight is 268 g/mol. The van der Waals surface area contributed by atoms with Crippen LogP contribution < -0.4 is 10.6 Å². The van der Waals surface area contributed by atoms with E-state index in [0.29, 0.717) is 24.5 Å². The number of rotatable bonds is 4. The number of fused-ring (bicyclic) bond motifs is 1. The number of aryl methyl sites for hydroxylation is 1. The minimum Gasteiger partial charge on any atom is -0.367 e. The molecule has 0 aliphatic rings. The lowest BCUT2D eigenvalue weighted by atomic mass is 10.1. The van der Waals surface area contributed by atoms with Crippen LogP contribution in [0.2, 0.25) is 0 Å². The normalized spacial score (nSPS) is 10.1. The lowest BCUT2D eigenvalue weighted by Gasteiger charge is -2.10. The molecule has 0 aliphatic carbocycles. The number of hydrogen-bond acceptors (Lipinski definition) is 4. The van der Waals surface area contributed by atoms with Gasteiger partial charge in [-0.05, 0) is 18.6 Å². The molecule has 2 N–H and O–H groups in total. The van der Waals surface area contributed by atoms with Gasteiger partial charge in [-0.15, -0.1) is 0 Å². The van der Waals surface area contributed by atoms with Crippen molar-refractivity contribution in [3.8, 4) is 6.07 Å². The maximum absolute atomic E-state index is 10.8. The fourth-order valence-electron chi connectivity index (χ4n) is 1.99. The van der Waals surface area contributed by atoms with E-state index in [0.717, 1.165) is 16.5 Å². The third-order valence-corrected chi connectivity index (χ3v) is 2.96. The van der Waals surface area contributed by atoms with Gasteiger partial charge in [0.25, 0.3) is 0 Å². The Balaban J connectivity index is 2.25. The predicted molar refractivity (Wildman–Crippen MR) is 78.4 cm³/mol. The van der Waals surface area contributed by atoms with E-state index in [2.05, 4.69) is 21.7 Å². The summed E-state index contributed by atoms with van der Waals surface area (Å²) in [5.41, 5.74) is 2.45. The first kappa shape index (κ1) is 13.8. The Morgan fingerprint density at radius 1 is 1.40 bits per heavy atom. The van der Waals surface area contributed by atoms with E-state index in [9.17, 15) is 10.1 Å². The standard InChI is InChI=1S/C15H16N4O/c1-10-4-3-5-12-8-13(9-16)15(19-14(10)12)18-7-6-17-11(2)20/h3-5,8H,6-7H2,1-2H3,(H,17,20)(H,18,19). The lowest BCUT2D eigenvalue weighted by Crippen LogP contribution is -2.26. The predicted octanol–water partition coefficient (Wildman–Crippen LogP) is 1.96. The summed E-state index contributed by atoms with van der Waals surface area (Å²) in [5.74, 6) is 0.481. The largest absolute Gasteiger partial charge is 0.367 e. The Hall–Kier alpha value is -2.61. The van der Waals surface area contributed by atoms with Crippen LogP contribution in [0.15, 0.2) is 24.3 Å². The van der Waals surface area contributed by atoms with E-state index in [1.165, 1.54) is 6.92 Å². The molecule has 102 valence electrons. The van der Waals surface area contributed by atoms with Crippen molar-refractivity contribution in [2.24, 2.45) is 0 Å². The van der Waals surface area contributed by atoms with Gasteiger partial charge in [0, 0.05) is 25.4 Å². The summed E-state index contributed by atoms with van der Waals surface area (Å²) >= 11 is 0. The molecule has 0 spiro atoms. The number of carbonyl (C=O) groups is 1. The zero-order chi connectivity index (χ0) is 14.5. The van der Waals surface area contributed by atoms with E-state index in [-0.39, 0.29) is 5.91 Å². The number of anilines is 1. The number of nitriles is 1. The molecule has 0 fully saturated rings. The Labute approximate surface area is 117 Å². The van der Waals surface area contributed by atoms with Crippen molar-refractivity contribution in [2.45, 2.75) is 13.8 Å². The molecule has 0 radical (unpaired) electrons. The second kappa shape index (κ2) is 6.02. The van der Waals surface area contributed by atoms with Crippen LogP contribution in [0.1, 0.15) is 18.1 Å². The minimum absolute atomic E-state index is 0.0744. The van der Waals surface area contributed by atoms with Crippen LogP contribution in [-0.2, 0) is 4.79 Å². The minimum atomic E-state index is -0.0744. The van der Waals surface area contributed by atoms with Crippen molar-refractivity contribution in [3.05, 3.63) is 35.4 Å². The number of amides is 1. The van der Waals surface area contributed by atoms with Gasteiger partial charge in [-0.1, -0.05) is 18.2 Å². The molecule has 0 unspecified atom stereocenters. The molecule has 1 heterocycles. The fourth-order valence-corrected chi connectivity index (χ4v) is 1.99. The molecule has 20 heavy (non-hydrogen) atoms. The van der Waals surface area contributed by atoms with E-state index in [4.69, 9.17) is 0 Å². The number of para-hydroxylation sites is 1. The van der Waals surface area contributed by atoms with Crippen molar-refractivity contribution in [3.63, 3.8) is 0 Å². The van der Waals surface area contributed by atoms with Gasteiger partial charge in [-0.2, -0.15) is 5.26 Å². The Morgan fingerprint density at radius 3 is 2.90 bits per heavy atom. The van der Waals surface area contributed by atoms with E-state index in [1.54, 1.807) is 0 Å².